The zero-order valence-electron chi connectivity index (χ0n) is 7.95. The van der Waals surface area contributed by atoms with Gasteiger partial charge in [-0.25, -0.2) is 9.97 Å². The van der Waals surface area contributed by atoms with E-state index >= 15 is 0 Å². The molecule has 2 heteroatoms. The largest absolute Gasteiger partial charge is 0.241 e. The maximum absolute atomic E-state index is 4.64. The summed E-state index contributed by atoms with van der Waals surface area (Å²) in [5, 5.41) is 0. The molecule has 1 saturated carbocycles. The van der Waals surface area contributed by atoms with Crippen molar-refractivity contribution in [3.8, 4) is 0 Å². The minimum atomic E-state index is 0.772. The lowest BCUT2D eigenvalue weighted by molar-refractivity contribution is 0.681. The van der Waals surface area contributed by atoms with Gasteiger partial charge >= 0.3 is 0 Å². The Morgan fingerprint density at radius 2 is 2.23 bits per heavy atom. The number of fused-ring (bicyclic) bond motifs is 5. The number of nitrogens with zero attached hydrogens (tertiary/aromatic N) is 2. The van der Waals surface area contributed by atoms with Gasteiger partial charge in [-0.1, -0.05) is 6.92 Å². The fourth-order valence-electron chi connectivity index (χ4n) is 2.77. The molecule has 1 heterocycles. The molecule has 1 aromatic rings. The average Bonchev–Trinajstić information content (AvgIpc) is 2.77. The molecule has 13 heavy (non-hydrogen) atoms. The molecular formula is C11H14N2. The summed E-state index contributed by atoms with van der Waals surface area (Å²) in [7, 11) is 0. The molecule has 68 valence electrons. The van der Waals surface area contributed by atoms with Gasteiger partial charge in [-0.15, -0.1) is 0 Å². The summed E-state index contributed by atoms with van der Waals surface area (Å²) in [5.74, 6) is 2.59. The SMILES string of the molecule is CCc1ncc2c(n1)C1CCC2C1. The highest BCUT2D eigenvalue weighted by Gasteiger charge is 2.38. The maximum atomic E-state index is 4.64. The number of rotatable bonds is 1. The fraction of sp³-hybridized carbons (Fsp3) is 0.636. The van der Waals surface area contributed by atoms with E-state index in [0.717, 1.165) is 24.1 Å². The molecule has 3 rings (SSSR count). The van der Waals surface area contributed by atoms with E-state index in [-0.39, 0.29) is 0 Å². The third kappa shape index (κ3) is 0.946. The topological polar surface area (TPSA) is 25.8 Å². The number of aromatic nitrogens is 2. The minimum Gasteiger partial charge on any atom is -0.241 e. The van der Waals surface area contributed by atoms with Gasteiger partial charge in [0, 0.05) is 18.5 Å². The van der Waals surface area contributed by atoms with Crippen LogP contribution in [-0.4, -0.2) is 9.97 Å². The molecule has 0 radical (unpaired) electrons. The van der Waals surface area contributed by atoms with Crippen molar-refractivity contribution in [3.63, 3.8) is 0 Å². The lowest BCUT2D eigenvalue weighted by atomic mass is 9.97. The number of aryl methyl sites for hydroxylation is 1. The van der Waals surface area contributed by atoms with Crippen molar-refractivity contribution in [3.05, 3.63) is 23.3 Å². The summed E-state index contributed by atoms with van der Waals surface area (Å²) in [6, 6.07) is 0. The van der Waals surface area contributed by atoms with Gasteiger partial charge in [0.05, 0.1) is 5.69 Å². The molecule has 2 atom stereocenters. The van der Waals surface area contributed by atoms with Gasteiger partial charge in [-0.2, -0.15) is 0 Å². The summed E-state index contributed by atoms with van der Waals surface area (Å²) in [4.78, 5) is 9.02. The van der Waals surface area contributed by atoms with Crippen molar-refractivity contribution < 1.29 is 0 Å². The van der Waals surface area contributed by atoms with E-state index in [1.807, 2.05) is 0 Å². The van der Waals surface area contributed by atoms with Gasteiger partial charge in [0.2, 0.25) is 0 Å². The first-order valence-corrected chi connectivity index (χ1v) is 5.24. The quantitative estimate of drug-likeness (QED) is 0.653. The monoisotopic (exact) mass is 174 g/mol. The Morgan fingerprint density at radius 1 is 1.38 bits per heavy atom. The Labute approximate surface area is 78.4 Å². The fourth-order valence-corrected chi connectivity index (χ4v) is 2.77. The smallest absolute Gasteiger partial charge is 0.128 e. The van der Waals surface area contributed by atoms with Crippen molar-refractivity contribution in [2.24, 2.45) is 0 Å². The van der Waals surface area contributed by atoms with E-state index in [1.165, 1.54) is 30.5 Å². The third-order valence-corrected chi connectivity index (χ3v) is 3.47. The molecule has 0 saturated heterocycles. The lowest BCUT2D eigenvalue weighted by Gasteiger charge is -2.13. The minimum absolute atomic E-state index is 0.772. The van der Waals surface area contributed by atoms with Crippen molar-refractivity contribution in [1.29, 1.82) is 0 Å². The van der Waals surface area contributed by atoms with Crippen molar-refractivity contribution in [1.82, 2.24) is 9.97 Å². The molecule has 0 aromatic carbocycles. The van der Waals surface area contributed by atoms with E-state index in [0.29, 0.717) is 0 Å². The van der Waals surface area contributed by atoms with Crippen LogP contribution >= 0.6 is 0 Å². The molecule has 0 N–H and O–H groups in total. The highest BCUT2D eigenvalue weighted by Crippen LogP contribution is 2.51. The Hall–Kier alpha value is -0.920. The van der Waals surface area contributed by atoms with Crippen LogP contribution in [0.2, 0.25) is 0 Å². The van der Waals surface area contributed by atoms with Crippen LogP contribution < -0.4 is 0 Å². The molecule has 0 aliphatic heterocycles. The second-order valence-electron chi connectivity index (χ2n) is 4.19. The van der Waals surface area contributed by atoms with Crippen LogP contribution in [0.3, 0.4) is 0 Å². The summed E-state index contributed by atoms with van der Waals surface area (Å²) in [6.45, 7) is 2.12. The molecule has 0 spiro atoms. The van der Waals surface area contributed by atoms with Crippen molar-refractivity contribution in [2.75, 3.05) is 0 Å². The van der Waals surface area contributed by atoms with Crippen LogP contribution in [0.4, 0.5) is 0 Å². The lowest BCUT2D eigenvalue weighted by Crippen LogP contribution is -2.05. The Bertz CT molecular complexity index is 346. The molecule has 2 aliphatic rings. The Morgan fingerprint density at radius 3 is 3.08 bits per heavy atom. The third-order valence-electron chi connectivity index (χ3n) is 3.47. The number of hydrogen-bond acceptors (Lipinski definition) is 2. The zero-order chi connectivity index (χ0) is 8.84. The highest BCUT2D eigenvalue weighted by molar-refractivity contribution is 5.34. The van der Waals surface area contributed by atoms with Crippen LogP contribution in [0, 0.1) is 0 Å². The zero-order valence-corrected chi connectivity index (χ0v) is 7.95. The second-order valence-corrected chi connectivity index (χ2v) is 4.19. The van der Waals surface area contributed by atoms with Gasteiger partial charge in [0.25, 0.3) is 0 Å². The first-order chi connectivity index (χ1) is 6.38. The Kier molecular flexibility index (Phi) is 1.46. The first-order valence-electron chi connectivity index (χ1n) is 5.24. The van der Waals surface area contributed by atoms with Crippen molar-refractivity contribution in [2.45, 2.75) is 44.4 Å². The molecule has 2 unspecified atom stereocenters. The standard InChI is InChI=1S/C11H14N2/c1-2-10-12-6-9-7-3-4-8(5-7)11(9)13-10/h6-8H,2-5H2,1H3. The predicted octanol–water partition coefficient (Wildman–Crippen LogP) is 2.40. The van der Waals surface area contributed by atoms with E-state index in [2.05, 4.69) is 23.1 Å². The molecule has 2 bridgehead atoms. The Balaban J connectivity index is 2.11. The summed E-state index contributed by atoms with van der Waals surface area (Å²) in [6.07, 6.45) is 7.11. The molecule has 0 amide bonds. The normalized spacial score (nSPS) is 29.3. The summed E-state index contributed by atoms with van der Waals surface area (Å²) >= 11 is 0. The van der Waals surface area contributed by atoms with Crippen LogP contribution in [0.5, 0.6) is 0 Å². The maximum Gasteiger partial charge on any atom is 0.128 e. The molecule has 1 aromatic heterocycles. The highest BCUT2D eigenvalue weighted by atomic mass is 14.9. The van der Waals surface area contributed by atoms with Gasteiger partial charge < -0.3 is 0 Å². The van der Waals surface area contributed by atoms with Crippen LogP contribution in [0.15, 0.2) is 6.20 Å². The van der Waals surface area contributed by atoms with Gasteiger partial charge in [0.1, 0.15) is 5.82 Å². The van der Waals surface area contributed by atoms with Crippen LogP contribution in [0.25, 0.3) is 0 Å². The van der Waals surface area contributed by atoms with Gasteiger partial charge in [0.15, 0.2) is 0 Å². The molecule has 2 aliphatic carbocycles. The predicted molar refractivity (Wildman–Crippen MR) is 50.7 cm³/mol. The summed E-state index contributed by atoms with van der Waals surface area (Å²) < 4.78 is 0. The number of hydrogen-bond donors (Lipinski definition) is 0. The van der Waals surface area contributed by atoms with E-state index in [9.17, 15) is 0 Å². The van der Waals surface area contributed by atoms with Crippen molar-refractivity contribution >= 4 is 0 Å². The second kappa shape index (κ2) is 2.53. The van der Waals surface area contributed by atoms with Gasteiger partial charge in [-0.05, 0) is 30.7 Å². The molecule has 2 nitrogen and oxygen atoms in total. The van der Waals surface area contributed by atoms with Crippen LogP contribution in [0.1, 0.15) is 55.1 Å². The molecule has 1 fully saturated rings. The summed E-state index contributed by atoms with van der Waals surface area (Å²) in [5.41, 5.74) is 2.83. The average molecular weight is 174 g/mol. The first kappa shape index (κ1) is 7.48. The van der Waals surface area contributed by atoms with E-state index in [1.54, 1.807) is 0 Å². The van der Waals surface area contributed by atoms with E-state index < -0.39 is 0 Å². The van der Waals surface area contributed by atoms with E-state index in [4.69, 9.17) is 0 Å². The van der Waals surface area contributed by atoms with Gasteiger partial charge in [-0.3, -0.25) is 0 Å². The molecular weight excluding hydrogens is 160 g/mol. The van der Waals surface area contributed by atoms with Crippen LogP contribution in [-0.2, 0) is 6.42 Å².